The van der Waals surface area contributed by atoms with Gasteiger partial charge < -0.3 is 61.4 Å². The highest BCUT2D eigenvalue weighted by molar-refractivity contribution is 6.42. The molecule has 0 saturated heterocycles. The van der Waals surface area contributed by atoms with Crippen molar-refractivity contribution in [1.82, 2.24) is 0 Å². The van der Waals surface area contributed by atoms with E-state index in [4.69, 9.17) is 9.47 Å². The van der Waals surface area contributed by atoms with E-state index >= 15 is 0 Å². The number of phenols is 2. The van der Waals surface area contributed by atoms with Crippen LogP contribution >= 0.6 is 0 Å². The molecule has 18 nitrogen and oxygen atoms in total. The zero-order valence-corrected chi connectivity index (χ0v) is 50.6. The molecule has 18 heteroatoms. The Labute approximate surface area is 503 Å². The predicted molar refractivity (Wildman–Crippen MR) is 348 cm³/mol. The zero-order valence-electron chi connectivity index (χ0n) is 50.6. The number of aliphatic hydroxyl groups excluding tert-OH is 4. The van der Waals surface area contributed by atoms with E-state index in [2.05, 4.69) is 49.0 Å². The SMILES string of the molecule is CCC1(CC)CNc2c(c3c(=O)cc(CO)c4c5c(CO)cc(O)c6c(=O)c(OC)c7c(c(c2C=C(C)C7C(C)=O)c34)c65)N1.CCC1(CC)CNc2c(c3c4c5c(c(OC)c(=O)c6c(O)cc(CO)c(c7c(CO)cc(=O)c2c74)c65)C(C(C)=O)C(C)=C3)N1. The molecule has 88 heavy (non-hydrogen) atoms. The molecule has 0 amide bonds. The summed E-state index contributed by atoms with van der Waals surface area (Å²) in [4.78, 5) is 83.4. The van der Waals surface area contributed by atoms with Gasteiger partial charge in [0.05, 0.1) is 108 Å². The lowest BCUT2D eigenvalue weighted by atomic mass is 9.78. The first-order valence-electron chi connectivity index (χ1n) is 29.9. The highest BCUT2D eigenvalue weighted by Gasteiger charge is 2.42. The Morgan fingerprint density at radius 3 is 1.17 bits per heavy atom. The number of ether oxygens (including phenoxy) is 2. The van der Waals surface area contributed by atoms with Gasteiger partial charge in [0, 0.05) is 67.7 Å². The number of aliphatic hydroxyl groups is 4. The number of benzene rings is 10. The van der Waals surface area contributed by atoms with Gasteiger partial charge in [-0.3, -0.25) is 28.8 Å². The summed E-state index contributed by atoms with van der Waals surface area (Å²) in [6, 6.07) is 5.54. The van der Waals surface area contributed by atoms with Crippen LogP contribution in [0.5, 0.6) is 23.0 Å². The second-order valence-corrected chi connectivity index (χ2v) is 24.5. The fourth-order valence-corrected chi connectivity index (χ4v) is 16.0. The van der Waals surface area contributed by atoms with Gasteiger partial charge in [-0.05, 0) is 132 Å². The number of anilines is 4. The number of Topliss-reactive ketones (excluding diaryl/α,β-unsaturated/α-hetero) is 2. The van der Waals surface area contributed by atoms with Crippen molar-refractivity contribution in [2.75, 3.05) is 48.6 Å². The average Bonchev–Trinajstić information content (AvgIpc) is 1.09. The molecule has 0 aromatic heterocycles. The largest absolute Gasteiger partial charge is 0.507 e. The lowest BCUT2D eigenvalue weighted by Crippen LogP contribution is -2.47. The van der Waals surface area contributed by atoms with Crippen molar-refractivity contribution in [1.29, 1.82) is 0 Å². The Kier molecular flexibility index (Phi) is 13.4. The Balaban J connectivity index is 0.000000162. The molecule has 14 rings (SSSR count). The third kappa shape index (κ3) is 7.42. The number of hydrogen-bond donors (Lipinski definition) is 10. The minimum Gasteiger partial charge on any atom is -0.507 e. The maximum Gasteiger partial charge on any atom is 0.232 e. The van der Waals surface area contributed by atoms with Crippen molar-refractivity contribution >= 4 is 133 Å². The molecule has 2 heterocycles. The first-order chi connectivity index (χ1) is 42.1. The number of methoxy groups -OCH3 is 2. The lowest BCUT2D eigenvalue weighted by molar-refractivity contribution is -0.118. The minimum absolute atomic E-state index is 0.00485. The topological polar surface area (TPSA) is 290 Å². The second-order valence-electron chi connectivity index (χ2n) is 24.5. The maximum absolute atomic E-state index is 14.2. The maximum atomic E-state index is 14.2. The molecule has 0 spiro atoms. The number of phenolic OH excluding ortho intramolecular Hbond substituents is 2. The molecular weight excluding hydrogens is 1120 g/mol. The van der Waals surface area contributed by atoms with Crippen LogP contribution in [0.1, 0.15) is 137 Å². The van der Waals surface area contributed by atoms with Gasteiger partial charge in [-0.15, -0.1) is 0 Å². The van der Waals surface area contributed by atoms with Crippen LogP contribution in [0, 0.1) is 0 Å². The van der Waals surface area contributed by atoms with Crippen molar-refractivity contribution in [3.05, 3.63) is 121 Å². The van der Waals surface area contributed by atoms with Gasteiger partial charge in [-0.25, -0.2) is 0 Å². The summed E-state index contributed by atoms with van der Waals surface area (Å²) in [5.74, 6) is -2.85. The standard InChI is InChI=1S/2C35H34N2O7/c1-6-35(7-2)13-36-32-25-19(41)9-16(11-38)22-23-17(12-39)10-20(42)26-28(23)29-24(27(22)25)18(31(32)37-35)8-14(3)21(15(4)40)30(29)34(44-5)33(26)43;1-6-35(7-2)13-36-31-18-8-14(3)21(15(4)40)30-29-24(18)27-22(16(11-38)9-19(41)25(27)32(31)37-35)23-17(12-39)10-20(42)26(28(23)29)33(43)34(30)44-5/h2*8-10,21,36-39,42H,6-7,11-13H2,1-5H3. The normalized spacial score (nSPS) is 17.2. The van der Waals surface area contributed by atoms with Gasteiger partial charge in [0.25, 0.3) is 0 Å². The van der Waals surface area contributed by atoms with Gasteiger partial charge in [0.15, 0.2) is 22.4 Å². The number of allylic oxidation sites excluding steroid dienone is 2. The Morgan fingerprint density at radius 2 is 0.807 bits per heavy atom. The smallest absolute Gasteiger partial charge is 0.232 e. The molecule has 0 saturated carbocycles. The Bertz CT molecular complexity index is 5100. The summed E-state index contributed by atoms with van der Waals surface area (Å²) in [6.45, 7) is 14.4. The molecule has 10 aromatic rings. The van der Waals surface area contributed by atoms with Gasteiger partial charge in [0.2, 0.25) is 10.9 Å². The monoisotopic (exact) mass is 1190 g/mol. The first kappa shape index (κ1) is 58.1. The summed E-state index contributed by atoms with van der Waals surface area (Å²) in [5.41, 5.74) is 5.31. The van der Waals surface area contributed by atoms with Crippen LogP contribution in [0.2, 0.25) is 0 Å². The molecule has 10 N–H and O–H groups in total. The first-order valence-corrected chi connectivity index (χ1v) is 29.9. The summed E-state index contributed by atoms with van der Waals surface area (Å²) >= 11 is 0. The van der Waals surface area contributed by atoms with Crippen molar-refractivity contribution in [3.63, 3.8) is 0 Å². The van der Waals surface area contributed by atoms with Crippen LogP contribution in [-0.4, -0.2) is 80.6 Å². The molecule has 0 fully saturated rings. The van der Waals surface area contributed by atoms with E-state index in [0.717, 1.165) is 42.5 Å². The number of rotatable bonds is 12. The van der Waals surface area contributed by atoms with E-state index in [9.17, 15) is 59.4 Å². The number of carbonyl (C=O) groups is 2. The van der Waals surface area contributed by atoms with Crippen molar-refractivity contribution in [3.8, 4) is 23.0 Å². The Hall–Kier alpha value is -8.94. The fraction of sp³-hybridized carbons (Fsp3) is 0.343. The highest BCUT2D eigenvalue weighted by Crippen LogP contribution is 2.59. The lowest BCUT2D eigenvalue weighted by Gasteiger charge is -2.41. The number of nitrogens with one attached hydrogen (secondary N) is 4. The van der Waals surface area contributed by atoms with E-state index < -0.39 is 49.1 Å². The van der Waals surface area contributed by atoms with E-state index in [-0.39, 0.29) is 67.3 Å². The third-order valence-corrected chi connectivity index (χ3v) is 20.3. The van der Waals surface area contributed by atoms with Crippen LogP contribution < -0.4 is 52.5 Å². The van der Waals surface area contributed by atoms with Crippen LogP contribution in [0.4, 0.5) is 22.7 Å². The fourth-order valence-electron chi connectivity index (χ4n) is 16.0. The molecule has 2 aliphatic carbocycles. The highest BCUT2D eigenvalue weighted by atomic mass is 16.5. The van der Waals surface area contributed by atoms with Crippen LogP contribution in [0.3, 0.4) is 0 Å². The van der Waals surface area contributed by atoms with Gasteiger partial charge in [-0.2, -0.15) is 0 Å². The average molecular weight is 1190 g/mol. The second kappa shape index (κ2) is 20.3. The quantitative estimate of drug-likeness (QED) is 0.0402. The van der Waals surface area contributed by atoms with Gasteiger partial charge >= 0.3 is 0 Å². The number of fused-ring (bicyclic) bond motifs is 8. The molecule has 2 atom stereocenters. The van der Waals surface area contributed by atoms with Gasteiger partial charge in [-0.1, -0.05) is 51.0 Å². The number of carbonyl (C=O) groups excluding carboxylic acids is 2. The summed E-state index contributed by atoms with van der Waals surface area (Å²) < 4.78 is 11.5. The molecule has 2 unspecified atom stereocenters. The van der Waals surface area contributed by atoms with Crippen LogP contribution in [0.15, 0.2) is 54.6 Å². The van der Waals surface area contributed by atoms with E-state index in [1.165, 1.54) is 52.3 Å². The van der Waals surface area contributed by atoms with E-state index in [1.807, 2.05) is 26.0 Å². The van der Waals surface area contributed by atoms with Crippen molar-refractivity contribution in [2.45, 2.75) is 130 Å². The number of aromatic hydroxyl groups is 2. The number of ketones is 2. The van der Waals surface area contributed by atoms with Crippen LogP contribution in [0.25, 0.3) is 98.3 Å². The molecule has 2 aliphatic heterocycles. The molecule has 4 aliphatic rings. The van der Waals surface area contributed by atoms with E-state index in [1.54, 1.807) is 0 Å². The summed E-state index contributed by atoms with van der Waals surface area (Å²) in [5, 5.41) is 86.7. The van der Waals surface area contributed by atoms with Gasteiger partial charge in [0.1, 0.15) is 23.1 Å². The molecule has 0 radical (unpaired) electrons. The summed E-state index contributed by atoms with van der Waals surface area (Å²) in [6.07, 6.45) is 7.11. The number of hydrogen-bond acceptors (Lipinski definition) is 18. The zero-order chi connectivity index (χ0) is 62.8. The van der Waals surface area contributed by atoms with Crippen molar-refractivity contribution < 1.29 is 49.7 Å². The van der Waals surface area contributed by atoms with Crippen LogP contribution in [-0.2, 0) is 36.0 Å². The predicted octanol–water partition coefficient (Wildman–Crippen LogP) is 10.2. The Morgan fingerprint density at radius 1 is 0.466 bits per heavy atom. The molecule has 0 bridgehead atoms. The third-order valence-electron chi connectivity index (χ3n) is 20.3. The van der Waals surface area contributed by atoms with Crippen molar-refractivity contribution in [2.24, 2.45) is 0 Å². The van der Waals surface area contributed by atoms with E-state index in [0.29, 0.717) is 150 Å². The molecule has 452 valence electrons. The molecule has 10 aromatic carbocycles. The minimum atomic E-state index is -0.851. The molecular formula is C70H68N4O14. The summed E-state index contributed by atoms with van der Waals surface area (Å²) in [7, 11) is 2.74.